The standard InChI is InChI=1S/C18H26N4/c1-15-20-19-14-22(15)11-10-21(4)13-18(12-17(18,2)3)16-8-6-5-7-9-16/h5-9,14H,10-13H2,1-4H3/t18-/m0/s1. The van der Waals surface area contributed by atoms with Gasteiger partial charge in [0.05, 0.1) is 0 Å². The second-order valence-electron chi connectivity index (χ2n) is 7.32. The molecule has 1 aromatic carbocycles. The molecule has 1 atom stereocenters. The lowest BCUT2D eigenvalue weighted by molar-refractivity contribution is 0.268. The number of aryl methyl sites for hydroxylation is 1. The van der Waals surface area contributed by atoms with Gasteiger partial charge in [0.25, 0.3) is 0 Å². The molecule has 0 spiro atoms. The highest BCUT2D eigenvalue weighted by molar-refractivity contribution is 5.37. The van der Waals surface area contributed by atoms with E-state index in [2.05, 4.69) is 70.9 Å². The smallest absolute Gasteiger partial charge is 0.129 e. The topological polar surface area (TPSA) is 34.0 Å². The third kappa shape index (κ3) is 2.68. The minimum atomic E-state index is 0.297. The van der Waals surface area contributed by atoms with Crippen LogP contribution in [0.2, 0.25) is 0 Å². The molecule has 0 unspecified atom stereocenters. The molecule has 118 valence electrons. The normalized spacial score (nSPS) is 23.0. The Morgan fingerprint density at radius 3 is 2.45 bits per heavy atom. The van der Waals surface area contributed by atoms with Gasteiger partial charge in [0.2, 0.25) is 0 Å². The SMILES string of the molecule is Cc1nncn1CCN(C)C[C@]1(c2ccccc2)CC1(C)C. The van der Waals surface area contributed by atoms with E-state index in [4.69, 9.17) is 0 Å². The average molecular weight is 298 g/mol. The number of likely N-dealkylation sites (N-methyl/N-ethyl adjacent to an activating group) is 1. The summed E-state index contributed by atoms with van der Waals surface area (Å²) in [6.07, 6.45) is 3.08. The van der Waals surface area contributed by atoms with Crippen molar-refractivity contribution in [3.63, 3.8) is 0 Å². The molecule has 0 saturated heterocycles. The molecule has 0 N–H and O–H groups in total. The summed E-state index contributed by atoms with van der Waals surface area (Å²) in [6, 6.07) is 11.0. The van der Waals surface area contributed by atoms with E-state index < -0.39 is 0 Å². The zero-order chi connectivity index (χ0) is 15.8. The van der Waals surface area contributed by atoms with E-state index in [1.54, 1.807) is 0 Å². The van der Waals surface area contributed by atoms with E-state index in [0.29, 0.717) is 10.8 Å². The fourth-order valence-electron chi connectivity index (χ4n) is 3.67. The van der Waals surface area contributed by atoms with Gasteiger partial charge >= 0.3 is 0 Å². The fraction of sp³-hybridized carbons (Fsp3) is 0.556. The molecule has 1 aliphatic carbocycles. The second-order valence-corrected chi connectivity index (χ2v) is 7.32. The van der Waals surface area contributed by atoms with E-state index in [1.807, 2.05) is 13.3 Å². The van der Waals surface area contributed by atoms with Gasteiger partial charge in [-0.1, -0.05) is 44.2 Å². The molecule has 3 rings (SSSR count). The van der Waals surface area contributed by atoms with Crippen molar-refractivity contribution in [2.45, 2.75) is 39.2 Å². The van der Waals surface area contributed by atoms with E-state index in [1.165, 1.54) is 12.0 Å². The Morgan fingerprint density at radius 2 is 1.91 bits per heavy atom. The number of hydrogen-bond donors (Lipinski definition) is 0. The number of rotatable bonds is 6. The van der Waals surface area contributed by atoms with Gasteiger partial charge in [-0.25, -0.2) is 0 Å². The summed E-state index contributed by atoms with van der Waals surface area (Å²) in [6.45, 7) is 9.84. The maximum Gasteiger partial charge on any atom is 0.129 e. The van der Waals surface area contributed by atoms with Crippen LogP contribution in [0.25, 0.3) is 0 Å². The molecule has 1 fully saturated rings. The molecule has 4 nitrogen and oxygen atoms in total. The highest BCUT2D eigenvalue weighted by atomic mass is 15.3. The van der Waals surface area contributed by atoms with Gasteiger partial charge in [-0.15, -0.1) is 10.2 Å². The van der Waals surface area contributed by atoms with Gasteiger partial charge in [-0.05, 0) is 31.4 Å². The largest absolute Gasteiger partial charge is 0.317 e. The fourth-order valence-corrected chi connectivity index (χ4v) is 3.67. The molecular formula is C18H26N4. The Labute approximate surface area is 133 Å². The highest BCUT2D eigenvalue weighted by Gasteiger charge is 2.61. The van der Waals surface area contributed by atoms with Gasteiger partial charge in [0.15, 0.2) is 0 Å². The quantitative estimate of drug-likeness (QED) is 0.822. The van der Waals surface area contributed by atoms with E-state index >= 15 is 0 Å². The molecule has 1 saturated carbocycles. The number of benzene rings is 1. The van der Waals surface area contributed by atoms with Crippen molar-refractivity contribution in [1.29, 1.82) is 0 Å². The van der Waals surface area contributed by atoms with Crippen LogP contribution in [0.15, 0.2) is 36.7 Å². The zero-order valence-electron chi connectivity index (χ0n) is 14.1. The van der Waals surface area contributed by atoms with Crippen molar-refractivity contribution in [3.8, 4) is 0 Å². The summed E-state index contributed by atoms with van der Waals surface area (Å²) in [4.78, 5) is 2.45. The predicted molar refractivity (Wildman–Crippen MR) is 88.8 cm³/mol. The molecule has 0 amide bonds. The van der Waals surface area contributed by atoms with Crippen LogP contribution in [0.3, 0.4) is 0 Å². The molecule has 1 aliphatic rings. The van der Waals surface area contributed by atoms with Crippen LogP contribution in [0, 0.1) is 12.3 Å². The van der Waals surface area contributed by atoms with Crippen LogP contribution in [0.1, 0.15) is 31.7 Å². The zero-order valence-corrected chi connectivity index (χ0v) is 14.1. The molecule has 22 heavy (non-hydrogen) atoms. The summed E-state index contributed by atoms with van der Waals surface area (Å²) in [5.74, 6) is 0.984. The molecule has 0 radical (unpaired) electrons. The highest BCUT2D eigenvalue weighted by Crippen LogP contribution is 2.64. The first-order chi connectivity index (χ1) is 10.4. The van der Waals surface area contributed by atoms with Crippen molar-refractivity contribution >= 4 is 0 Å². The molecule has 1 heterocycles. The first-order valence-corrected chi connectivity index (χ1v) is 8.03. The van der Waals surface area contributed by atoms with Crippen LogP contribution in [0.4, 0.5) is 0 Å². The van der Waals surface area contributed by atoms with E-state index in [0.717, 1.165) is 25.5 Å². The molecule has 0 bridgehead atoms. The van der Waals surface area contributed by atoms with Crippen LogP contribution in [-0.4, -0.2) is 39.8 Å². The van der Waals surface area contributed by atoms with Crippen molar-refractivity contribution in [1.82, 2.24) is 19.7 Å². The number of nitrogens with zero attached hydrogens (tertiary/aromatic N) is 4. The van der Waals surface area contributed by atoms with Gasteiger partial charge < -0.3 is 9.47 Å². The Kier molecular flexibility index (Phi) is 3.81. The Hall–Kier alpha value is -1.68. The van der Waals surface area contributed by atoms with Crippen molar-refractivity contribution in [2.24, 2.45) is 5.41 Å². The van der Waals surface area contributed by atoms with Crippen LogP contribution in [0.5, 0.6) is 0 Å². The molecule has 2 aromatic rings. The summed E-state index contributed by atoms with van der Waals surface area (Å²) >= 11 is 0. The van der Waals surface area contributed by atoms with Crippen molar-refractivity contribution < 1.29 is 0 Å². The lowest BCUT2D eigenvalue weighted by atomic mass is 9.87. The second kappa shape index (κ2) is 5.51. The third-order valence-electron chi connectivity index (χ3n) is 5.31. The predicted octanol–water partition coefficient (Wildman–Crippen LogP) is 2.89. The third-order valence-corrected chi connectivity index (χ3v) is 5.31. The van der Waals surface area contributed by atoms with Gasteiger partial charge in [0.1, 0.15) is 12.2 Å². The molecule has 1 aromatic heterocycles. The summed E-state index contributed by atoms with van der Waals surface area (Å²) < 4.78 is 2.11. The van der Waals surface area contributed by atoms with Crippen LogP contribution >= 0.6 is 0 Å². The first-order valence-electron chi connectivity index (χ1n) is 8.03. The van der Waals surface area contributed by atoms with Crippen LogP contribution < -0.4 is 0 Å². The van der Waals surface area contributed by atoms with E-state index in [-0.39, 0.29) is 0 Å². The van der Waals surface area contributed by atoms with E-state index in [9.17, 15) is 0 Å². The minimum Gasteiger partial charge on any atom is -0.317 e. The molecule has 0 aliphatic heterocycles. The first kappa shape index (κ1) is 15.2. The van der Waals surface area contributed by atoms with Crippen LogP contribution in [-0.2, 0) is 12.0 Å². The average Bonchev–Trinajstić information content (AvgIpc) is 2.82. The van der Waals surface area contributed by atoms with Gasteiger partial charge in [0, 0.05) is 25.0 Å². The maximum atomic E-state index is 4.05. The Morgan fingerprint density at radius 1 is 1.23 bits per heavy atom. The van der Waals surface area contributed by atoms with Crippen molar-refractivity contribution in [3.05, 3.63) is 48.0 Å². The number of hydrogen-bond acceptors (Lipinski definition) is 3. The van der Waals surface area contributed by atoms with Gasteiger partial charge in [-0.3, -0.25) is 0 Å². The monoisotopic (exact) mass is 298 g/mol. The summed E-state index contributed by atoms with van der Waals surface area (Å²) in [7, 11) is 2.22. The Balaban J connectivity index is 1.67. The summed E-state index contributed by atoms with van der Waals surface area (Å²) in [5.41, 5.74) is 2.16. The Bertz CT molecular complexity index is 632. The lowest BCUT2D eigenvalue weighted by Crippen LogP contribution is -2.34. The minimum absolute atomic E-state index is 0.297. The van der Waals surface area contributed by atoms with Gasteiger partial charge in [-0.2, -0.15) is 0 Å². The van der Waals surface area contributed by atoms with Crippen molar-refractivity contribution in [2.75, 3.05) is 20.1 Å². The molecular weight excluding hydrogens is 272 g/mol. The summed E-state index contributed by atoms with van der Waals surface area (Å²) in [5, 5.41) is 8.00. The number of aromatic nitrogens is 3. The lowest BCUT2D eigenvalue weighted by Gasteiger charge is -2.27. The maximum absolute atomic E-state index is 4.05. The molecule has 4 heteroatoms.